The lowest BCUT2D eigenvalue weighted by Gasteiger charge is -1.99. The van der Waals surface area contributed by atoms with E-state index in [2.05, 4.69) is 19.9 Å². The van der Waals surface area contributed by atoms with E-state index in [4.69, 9.17) is 10.5 Å². The minimum absolute atomic E-state index is 0.108. The third-order valence-corrected chi connectivity index (χ3v) is 2.12. The SMILES string of the molecule is Cc1nonc1Cn1cnc(C#N)c1C#N. The average molecular weight is 214 g/mol. The Morgan fingerprint density at radius 1 is 1.38 bits per heavy atom. The van der Waals surface area contributed by atoms with E-state index in [9.17, 15) is 0 Å². The van der Waals surface area contributed by atoms with Gasteiger partial charge in [-0.1, -0.05) is 10.3 Å². The Bertz CT molecular complexity index is 596. The molecule has 0 aliphatic rings. The van der Waals surface area contributed by atoms with E-state index in [-0.39, 0.29) is 11.4 Å². The van der Waals surface area contributed by atoms with Crippen LogP contribution in [0.4, 0.5) is 0 Å². The van der Waals surface area contributed by atoms with Gasteiger partial charge < -0.3 is 4.57 Å². The van der Waals surface area contributed by atoms with Gasteiger partial charge in [-0.2, -0.15) is 10.5 Å². The molecule has 2 aromatic rings. The molecule has 0 radical (unpaired) electrons. The van der Waals surface area contributed by atoms with Crippen LogP contribution in [-0.2, 0) is 6.54 Å². The normalized spacial score (nSPS) is 9.69. The molecule has 0 fully saturated rings. The Hall–Kier alpha value is -2.67. The molecule has 0 atom stereocenters. The first kappa shape index (κ1) is 9.87. The number of nitrogens with zero attached hydrogens (tertiary/aromatic N) is 6. The van der Waals surface area contributed by atoms with Gasteiger partial charge in [-0.3, -0.25) is 0 Å². The lowest BCUT2D eigenvalue weighted by atomic mass is 10.3. The van der Waals surface area contributed by atoms with Crippen LogP contribution in [0.2, 0.25) is 0 Å². The summed E-state index contributed by atoms with van der Waals surface area (Å²) in [5.41, 5.74) is 1.58. The highest BCUT2D eigenvalue weighted by Crippen LogP contribution is 2.09. The summed E-state index contributed by atoms with van der Waals surface area (Å²) in [5, 5.41) is 24.9. The van der Waals surface area contributed by atoms with Crippen molar-refractivity contribution in [3.8, 4) is 12.1 Å². The second-order valence-corrected chi connectivity index (χ2v) is 3.09. The van der Waals surface area contributed by atoms with Crippen LogP contribution in [0.1, 0.15) is 22.8 Å². The Kier molecular flexibility index (Phi) is 2.36. The van der Waals surface area contributed by atoms with Crippen molar-refractivity contribution in [1.82, 2.24) is 19.9 Å². The Morgan fingerprint density at radius 2 is 2.19 bits per heavy atom. The Morgan fingerprint density at radius 3 is 2.75 bits per heavy atom. The Labute approximate surface area is 90.5 Å². The molecule has 0 amide bonds. The summed E-state index contributed by atoms with van der Waals surface area (Å²) in [5.74, 6) is 0. The van der Waals surface area contributed by atoms with Crippen LogP contribution in [0.5, 0.6) is 0 Å². The molecule has 0 saturated heterocycles. The quantitative estimate of drug-likeness (QED) is 0.714. The molecule has 0 aromatic carbocycles. The molecule has 0 N–H and O–H groups in total. The van der Waals surface area contributed by atoms with Crippen LogP contribution in [0.25, 0.3) is 0 Å². The van der Waals surface area contributed by atoms with Gasteiger partial charge in [0.2, 0.25) is 0 Å². The third kappa shape index (κ3) is 1.51. The van der Waals surface area contributed by atoms with Crippen LogP contribution in [-0.4, -0.2) is 19.9 Å². The summed E-state index contributed by atoms with van der Waals surface area (Å²) in [6.45, 7) is 2.06. The number of hydrogen-bond donors (Lipinski definition) is 0. The van der Waals surface area contributed by atoms with Gasteiger partial charge >= 0.3 is 0 Å². The number of nitriles is 2. The van der Waals surface area contributed by atoms with E-state index in [0.29, 0.717) is 17.9 Å². The fourth-order valence-electron chi connectivity index (χ4n) is 1.26. The third-order valence-electron chi connectivity index (χ3n) is 2.12. The molecular weight excluding hydrogens is 208 g/mol. The van der Waals surface area contributed by atoms with Gasteiger partial charge in [0, 0.05) is 0 Å². The van der Waals surface area contributed by atoms with Crippen molar-refractivity contribution >= 4 is 0 Å². The van der Waals surface area contributed by atoms with Crippen molar-refractivity contribution in [2.75, 3.05) is 0 Å². The van der Waals surface area contributed by atoms with Gasteiger partial charge in [0.15, 0.2) is 11.4 Å². The van der Waals surface area contributed by atoms with Gasteiger partial charge in [-0.05, 0) is 6.92 Å². The van der Waals surface area contributed by atoms with Crippen molar-refractivity contribution in [1.29, 1.82) is 10.5 Å². The summed E-state index contributed by atoms with van der Waals surface area (Å²) in [6, 6.07) is 3.77. The molecule has 0 spiro atoms. The topological polar surface area (TPSA) is 104 Å². The number of hydrogen-bond acceptors (Lipinski definition) is 6. The molecule has 2 heterocycles. The van der Waals surface area contributed by atoms with Crippen molar-refractivity contribution in [3.05, 3.63) is 29.1 Å². The van der Waals surface area contributed by atoms with Crippen LogP contribution < -0.4 is 0 Å². The second kappa shape index (κ2) is 3.83. The smallest absolute Gasteiger partial charge is 0.176 e. The predicted octanol–water partition coefficient (Wildman–Crippen LogP) is 0.366. The largest absolute Gasteiger partial charge is 0.315 e. The van der Waals surface area contributed by atoms with Crippen molar-refractivity contribution in [3.63, 3.8) is 0 Å². The lowest BCUT2D eigenvalue weighted by Crippen LogP contribution is -2.03. The summed E-state index contributed by atoms with van der Waals surface area (Å²) in [4.78, 5) is 3.82. The molecule has 16 heavy (non-hydrogen) atoms. The molecule has 0 aliphatic heterocycles. The molecule has 0 unspecified atom stereocenters. The summed E-state index contributed by atoms with van der Waals surface area (Å²) in [7, 11) is 0. The second-order valence-electron chi connectivity index (χ2n) is 3.09. The Balaban J connectivity index is 2.37. The number of aryl methyl sites for hydroxylation is 1. The van der Waals surface area contributed by atoms with Gasteiger partial charge in [-0.15, -0.1) is 0 Å². The minimum atomic E-state index is 0.108. The lowest BCUT2D eigenvalue weighted by molar-refractivity contribution is 0.300. The maximum atomic E-state index is 8.90. The fourth-order valence-corrected chi connectivity index (χ4v) is 1.26. The van der Waals surface area contributed by atoms with Gasteiger partial charge in [0.05, 0.1) is 12.9 Å². The zero-order valence-corrected chi connectivity index (χ0v) is 8.38. The maximum absolute atomic E-state index is 8.90. The van der Waals surface area contributed by atoms with Gasteiger partial charge in [0.25, 0.3) is 0 Å². The van der Waals surface area contributed by atoms with E-state index in [1.165, 1.54) is 10.9 Å². The van der Waals surface area contributed by atoms with Crippen LogP contribution in [0.3, 0.4) is 0 Å². The van der Waals surface area contributed by atoms with Crippen LogP contribution in [0, 0.1) is 29.6 Å². The molecule has 0 bridgehead atoms. The zero-order valence-electron chi connectivity index (χ0n) is 8.38. The van der Waals surface area contributed by atoms with E-state index in [0.717, 1.165) is 0 Å². The highest BCUT2D eigenvalue weighted by Gasteiger charge is 2.13. The predicted molar refractivity (Wildman–Crippen MR) is 49.8 cm³/mol. The van der Waals surface area contributed by atoms with Crippen molar-refractivity contribution in [2.45, 2.75) is 13.5 Å². The van der Waals surface area contributed by atoms with Gasteiger partial charge in [-0.25, -0.2) is 9.61 Å². The summed E-state index contributed by atoms with van der Waals surface area (Å²) < 4.78 is 6.08. The first-order chi connectivity index (χ1) is 7.76. The summed E-state index contributed by atoms with van der Waals surface area (Å²) in [6.07, 6.45) is 1.42. The minimum Gasteiger partial charge on any atom is -0.315 e. The fraction of sp³-hybridized carbons (Fsp3) is 0.222. The first-order valence-corrected chi connectivity index (χ1v) is 4.39. The molecule has 2 rings (SSSR count). The maximum Gasteiger partial charge on any atom is 0.176 e. The number of imidazole rings is 1. The monoisotopic (exact) mass is 214 g/mol. The molecule has 0 aliphatic carbocycles. The van der Waals surface area contributed by atoms with Crippen LogP contribution >= 0.6 is 0 Å². The number of aromatic nitrogens is 4. The molecule has 2 aromatic heterocycles. The van der Waals surface area contributed by atoms with Crippen LogP contribution in [0.15, 0.2) is 11.0 Å². The van der Waals surface area contributed by atoms with E-state index in [1.807, 2.05) is 12.1 Å². The highest BCUT2D eigenvalue weighted by atomic mass is 16.6. The van der Waals surface area contributed by atoms with E-state index >= 15 is 0 Å². The summed E-state index contributed by atoms with van der Waals surface area (Å²) >= 11 is 0. The standard InChI is InChI=1S/C9H6N6O/c1-6-8(14-16-13-6)4-15-5-12-7(2-10)9(15)3-11/h5H,4H2,1H3. The van der Waals surface area contributed by atoms with Gasteiger partial charge in [0.1, 0.15) is 23.5 Å². The molecule has 7 heteroatoms. The first-order valence-electron chi connectivity index (χ1n) is 4.39. The molecular formula is C9H6N6O. The molecule has 78 valence electrons. The average Bonchev–Trinajstić information content (AvgIpc) is 2.86. The highest BCUT2D eigenvalue weighted by molar-refractivity contribution is 5.36. The molecule has 7 nitrogen and oxygen atoms in total. The van der Waals surface area contributed by atoms with Crippen molar-refractivity contribution in [2.24, 2.45) is 0 Å². The van der Waals surface area contributed by atoms with Crippen molar-refractivity contribution < 1.29 is 4.63 Å². The van der Waals surface area contributed by atoms with E-state index < -0.39 is 0 Å². The number of rotatable bonds is 2. The van der Waals surface area contributed by atoms with E-state index in [1.54, 1.807) is 6.92 Å². The zero-order chi connectivity index (χ0) is 11.5. The molecule has 0 saturated carbocycles.